The fourth-order valence-electron chi connectivity index (χ4n) is 0.566. The molecule has 0 aliphatic rings. The van der Waals surface area contributed by atoms with Crippen LogP contribution in [0.5, 0.6) is 0 Å². The van der Waals surface area contributed by atoms with Crippen LogP contribution in [0.2, 0.25) is 0 Å². The molecule has 1 atom stereocenters. The monoisotopic (exact) mass is 266 g/mol. The summed E-state index contributed by atoms with van der Waals surface area (Å²) in [6, 6.07) is 0. The summed E-state index contributed by atoms with van der Waals surface area (Å²) < 4.78 is 9.57. The Morgan fingerprint density at radius 1 is 1.07 bits per heavy atom. The molecule has 0 saturated heterocycles. The van der Waals surface area contributed by atoms with Crippen molar-refractivity contribution in [1.82, 2.24) is 0 Å². The molecule has 0 spiro atoms. The van der Waals surface area contributed by atoms with Crippen LogP contribution in [0.1, 0.15) is 20.8 Å². The lowest BCUT2D eigenvalue weighted by molar-refractivity contribution is -0.153. The number of hydrogen-bond acceptors (Lipinski definition) is 4. The molecule has 14 heavy (non-hydrogen) atoms. The van der Waals surface area contributed by atoms with E-state index in [-0.39, 0.29) is 35.9 Å². The van der Waals surface area contributed by atoms with Gasteiger partial charge in [0.1, 0.15) is 18.0 Å². The van der Waals surface area contributed by atoms with Gasteiger partial charge in [-0.05, 0) is 6.92 Å². The number of carbonyl (C=O) groups excluding carboxylic acids is 2. The van der Waals surface area contributed by atoms with Crippen molar-refractivity contribution in [1.29, 1.82) is 0 Å². The molecule has 0 bridgehead atoms. The quantitative estimate of drug-likeness (QED) is 0.430. The summed E-state index contributed by atoms with van der Waals surface area (Å²) in [5.41, 5.74) is 0. The zero-order chi connectivity index (χ0) is 11.1. The second-order valence-electron chi connectivity index (χ2n) is 3.11. The minimum Gasteiger partial charge on any atom is -0.462 e. The first kappa shape index (κ1) is 13.4. The maximum absolute atomic E-state index is 10.9. The summed E-state index contributed by atoms with van der Waals surface area (Å²) in [5.74, 6) is -0.792. The first-order valence-corrected chi connectivity index (χ1v) is 5.34. The van der Waals surface area contributed by atoms with E-state index in [0.29, 0.717) is 0 Å². The Hall–Kier alpha value is -0.580. The number of alkyl halides is 1. The Balaban J connectivity index is 3.48. The van der Waals surface area contributed by atoms with Crippen molar-refractivity contribution in [3.05, 3.63) is 0 Å². The van der Waals surface area contributed by atoms with Gasteiger partial charge < -0.3 is 9.47 Å². The molecule has 0 N–H and O–H groups in total. The number of halogens is 1. The van der Waals surface area contributed by atoms with Gasteiger partial charge in [-0.15, -0.1) is 0 Å². The molecule has 0 saturated carbocycles. The van der Waals surface area contributed by atoms with Crippen molar-refractivity contribution in [2.45, 2.75) is 25.6 Å². The van der Waals surface area contributed by atoms with Gasteiger partial charge in [0.05, 0.1) is 5.92 Å². The maximum Gasteiger partial charge on any atom is 0.319 e. The van der Waals surface area contributed by atoms with Crippen molar-refractivity contribution in [2.24, 2.45) is 5.92 Å². The molecule has 0 aliphatic carbocycles. The van der Waals surface area contributed by atoms with Gasteiger partial charge in [-0.1, -0.05) is 29.8 Å². The Kier molecular flexibility index (Phi) is 6.53. The third-order valence-electron chi connectivity index (χ3n) is 1.37. The van der Waals surface area contributed by atoms with Gasteiger partial charge in [-0.2, -0.15) is 0 Å². The molecule has 0 rings (SSSR count). The van der Waals surface area contributed by atoms with E-state index in [2.05, 4.69) is 15.9 Å². The Morgan fingerprint density at radius 3 is 1.86 bits per heavy atom. The Labute approximate surface area is 92.1 Å². The van der Waals surface area contributed by atoms with Crippen molar-refractivity contribution < 1.29 is 19.1 Å². The van der Waals surface area contributed by atoms with E-state index in [4.69, 9.17) is 9.47 Å². The average molecular weight is 267 g/mol. The van der Waals surface area contributed by atoms with Gasteiger partial charge in [-0.3, -0.25) is 9.59 Å². The second-order valence-corrected chi connectivity index (χ2v) is 4.48. The average Bonchev–Trinajstić information content (AvgIpc) is 2.11. The molecule has 0 fully saturated rings. The molecular weight excluding hydrogens is 252 g/mol. The van der Waals surface area contributed by atoms with Crippen LogP contribution < -0.4 is 0 Å². The fraction of sp³-hybridized carbons (Fsp3) is 0.778. The molecule has 0 amide bonds. The molecule has 1 unspecified atom stereocenters. The van der Waals surface area contributed by atoms with E-state index in [1.807, 2.05) is 0 Å². The molecule has 0 aromatic rings. The minimum absolute atomic E-state index is 0.104. The molecular formula is C9H15BrO4. The first-order chi connectivity index (χ1) is 6.45. The SMILES string of the molecule is CC(C)C(=O)OCCOC(=O)C(C)Br. The van der Waals surface area contributed by atoms with Crippen molar-refractivity contribution in [3.63, 3.8) is 0 Å². The maximum atomic E-state index is 10.9. The van der Waals surface area contributed by atoms with Crippen LogP contribution in [0, 0.1) is 5.92 Å². The highest BCUT2D eigenvalue weighted by molar-refractivity contribution is 9.10. The lowest BCUT2D eigenvalue weighted by Crippen LogP contribution is -2.20. The molecule has 4 nitrogen and oxygen atoms in total. The van der Waals surface area contributed by atoms with Gasteiger partial charge in [0, 0.05) is 0 Å². The number of esters is 2. The molecule has 0 aliphatic heterocycles. The molecule has 0 radical (unpaired) electrons. The van der Waals surface area contributed by atoms with E-state index in [9.17, 15) is 9.59 Å². The molecule has 82 valence electrons. The van der Waals surface area contributed by atoms with Crippen LogP contribution in [0.25, 0.3) is 0 Å². The highest BCUT2D eigenvalue weighted by atomic mass is 79.9. The standard InChI is InChI=1S/C9H15BrO4/c1-6(2)8(11)13-4-5-14-9(12)7(3)10/h6-7H,4-5H2,1-3H3. The van der Waals surface area contributed by atoms with Gasteiger partial charge in [0.25, 0.3) is 0 Å². The molecule has 5 heteroatoms. The summed E-state index contributed by atoms with van der Waals surface area (Å²) in [7, 11) is 0. The van der Waals surface area contributed by atoms with Gasteiger partial charge in [0.15, 0.2) is 0 Å². The molecule has 0 aromatic heterocycles. The predicted octanol–water partition coefficient (Wildman–Crippen LogP) is 1.51. The summed E-state index contributed by atoms with van der Waals surface area (Å²) in [4.78, 5) is 21.5. The van der Waals surface area contributed by atoms with Gasteiger partial charge >= 0.3 is 11.9 Å². The third-order valence-corrected chi connectivity index (χ3v) is 1.74. The normalized spacial score (nSPS) is 12.4. The van der Waals surface area contributed by atoms with E-state index in [1.165, 1.54) is 0 Å². The lowest BCUT2D eigenvalue weighted by Gasteiger charge is -2.08. The van der Waals surface area contributed by atoms with E-state index < -0.39 is 0 Å². The Morgan fingerprint density at radius 2 is 1.50 bits per heavy atom. The zero-order valence-electron chi connectivity index (χ0n) is 8.58. The van der Waals surface area contributed by atoms with Crippen LogP contribution in [-0.2, 0) is 19.1 Å². The zero-order valence-corrected chi connectivity index (χ0v) is 10.2. The summed E-state index contributed by atoms with van der Waals surface area (Å²) in [6.07, 6.45) is 0. The largest absolute Gasteiger partial charge is 0.462 e. The van der Waals surface area contributed by atoms with Crippen LogP contribution in [-0.4, -0.2) is 30.0 Å². The van der Waals surface area contributed by atoms with Crippen LogP contribution in [0.3, 0.4) is 0 Å². The van der Waals surface area contributed by atoms with Crippen molar-refractivity contribution in [2.75, 3.05) is 13.2 Å². The molecule has 0 aromatic carbocycles. The van der Waals surface area contributed by atoms with Crippen LogP contribution >= 0.6 is 15.9 Å². The fourth-order valence-corrected chi connectivity index (χ4v) is 0.698. The van der Waals surface area contributed by atoms with Gasteiger partial charge in [0.2, 0.25) is 0 Å². The number of carbonyl (C=O) groups is 2. The number of hydrogen-bond donors (Lipinski definition) is 0. The Bertz CT molecular complexity index is 179. The van der Waals surface area contributed by atoms with E-state index >= 15 is 0 Å². The summed E-state index contributed by atoms with van der Waals surface area (Å²) in [6.45, 7) is 5.38. The van der Waals surface area contributed by atoms with Gasteiger partial charge in [-0.25, -0.2) is 0 Å². The number of rotatable bonds is 5. The lowest BCUT2D eigenvalue weighted by atomic mass is 10.2. The van der Waals surface area contributed by atoms with Crippen molar-refractivity contribution in [3.8, 4) is 0 Å². The molecule has 0 heterocycles. The number of ether oxygens (including phenoxy) is 2. The van der Waals surface area contributed by atoms with Crippen LogP contribution in [0.15, 0.2) is 0 Å². The van der Waals surface area contributed by atoms with E-state index in [0.717, 1.165) is 0 Å². The summed E-state index contributed by atoms with van der Waals surface area (Å²) >= 11 is 3.06. The second kappa shape index (κ2) is 6.81. The highest BCUT2D eigenvalue weighted by Crippen LogP contribution is 2.00. The summed E-state index contributed by atoms with van der Waals surface area (Å²) in [5, 5.41) is 0. The smallest absolute Gasteiger partial charge is 0.319 e. The van der Waals surface area contributed by atoms with E-state index in [1.54, 1.807) is 20.8 Å². The third kappa shape index (κ3) is 5.96. The topological polar surface area (TPSA) is 52.6 Å². The predicted molar refractivity (Wildman–Crippen MR) is 55.1 cm³/mol. The van der Waals surface area contributed by atoms with Crippen LogP contribution in [0.4, 0.5) is 0 Å². The highest BCUT2D eigenvalue weighted by Gasteiger charge is 2.11. The van der Waals surface area contributed by atoms with Crippen molar-refractivity contribution >= 4 is 27.9 Å². The first-order valence-electron chi connectivity index (χ1n) is 4.42. The minimum atomic E-state index is -0.356.